The first-order valence-electron chi connectivity index (χ1n) is 5.95. The Morgan fingerprint density at radius 1 is 1.48 bits per heavy atom. The highest BCUT2D eigenvalue weighted by Gasteiger charge is 2.41. The fraction of sp³-hybridized carbons (Fsp3) is 0.462. The average Bonchev–Trinajstić information content (AvgIpc) is 2.39. The summed E-state index contributed by atoms with van der Waals surface area (Å²) < 4.78 is 43.2. The third-order valence-corrected chi connectivity index (χ3v) is 3.71. The molecule has 0 amide bonds. The van der Waals surface area contributed by atoms with Crippen molar-refractivity contribution in [2.75, 3.05) is 20.8 Å². The van der Waals surface area contributed by atoms with Crippen LogP contribution in [0.15, 0.2) is 22.7 Å². The molecule has 21 heavy (non-hydrogen) atoms. The maximum absolute atomic E-state index is 12.7. The van der Waals surface area contributed by atoms with E-state index in [2.05, 4.69) is 20.7 Å². The van der Waals surface area contributed by atoms with Crippen LogP contribution in [-0.2, 0) is 11.3 Å². The minimum absolute atomic E-state index is 0.0349. The van der Waals surface area contributed by atoms with Gasteiger partial charge in [-0.2, -0.15) is 13.2 Å². The van der Waals surface area contributed by atoms with Crippen molar-refractivity contribution in [2.24, 2.45) is 0 Å². The number of benzene rings is 1. The zero-order valence-electron chi connectivity index (χ0n) is 11.4. The van der Waals surface area contributed by atoms with Gasteiger partial charge in [0.15, 0.2) is 0 Å². The van der Waals surface area contributed by atoms with Crippen molar-refractivity contribution in [1.29, 1.82) is 0 Å². The van der Waals surface area contributed by atoms with Crippen LogP contribution in [0.3, 0.4) is 0 Å². The molecule has 0 heterocycles. The van der Waals surface area contributed by atoms with E-state index in [9.17, 15) is 18.0 Å². The number of esters is 1. The molecule has 1 aromatic carbocycles. The number of carbonyl (C=O) groups is 1. The lowest BCUT2D eigenvalue weighted by molar-refractivity contribution is -0.190. The van der Waals surface area contributed by atoms with Crippen LogP contribution in [0.2, 0.25) is 0 Å². The van der Waals surface area contributed by atoms with Crippen molar-refractivity contribution >= 4 is 21.9 Å². The molecule has 1 rings (SSSR count). The predicted octanol–water partition coefficient (Wildman–Crippen LogP) is 2.59. The normalized spacial score (nSPS) is 13.3. The van der Waals surface area contributed by atoms with E-state index in [-0.39, 0.29) is 6.54 Å². The van der Waals surface area contributed by atoms with Crippen LogP contribution in [0.25, 0.3) is 0 Å². The van der Waals surface area contributed by atoms with Crippen molar-refractivity contribution in [3.05, 3.63) is 33.8 Å². The summed E-state index contributed by atoms with van der Waals surface area (Å²) >= 11 is 3.22. The van der Waals surface area contributed by atoms with Gasteiger partial charge in [-0.1, -0.05) is 22.0 Å². The Morgan fingerprint density at radius 3 is 2.52 bits per heavy atom. The van der Waals surface area contributed by atoms with Gasteiger partial charge >= 0.3 is 12.1 Å². The van der Waals surface area contributed by atoms with E-state index in [1.807, 2.05) is 0 Å². The Morgan fingerprint density at radius 2 is 2.10 bits per heavy atom. The Hall–Kier alpha value is -1.12. The number of aliphatic hydroxyl groups is 1. The maximum atomic E-state index is 12.7. The molecule has 0 aliphatic carbocycles. The molecule has 0 bridgehead atoms. The molecule has 0 aromatic heterocycles. The van der Waals surface area contributed by atoms with E-state index >= 15 is 0 Å². The second kappa shape index (κ2) is 7.24. The summed E-state index contributed by atoms with van der Waals surface area (Å²) in [5.74, 6) is -0.529. The molecule has 0 aliphatic rings. The van der Waals surface area contributed by atoms with E-state index in [4.69, 9.17) is 5.11 Å². The van der Waals surface area contributed by atoms with Gasteiger partial charge in [0.1, 0.15) is 6.04 Å². The molecule has 1 N–H and O–H groups in total. The number of nitrogens with zero attached hydrogens (tertiary/aromatic N) is 1. The summed E-state index contributed by atoms with van der Waals surface area (Å²) in [4.78, 5) is 12.3. The van der Waals surface area contributed by atoms with Crippen molar-refractivity contribution in [1.82, 2.24) is 4.90 Å². The molecule has 8 heteroatoms. The largest absolute Gasteiger partial charge is 0.465 e. The number of likely N-dealkylation sites (N-methyl/N-ethyl adjacent to an activating group) is 1. The molecule has 0 saturated carbocycles. The van der Waals surface area contributed by atoms with Crippen LogP contribution in [0.1, 0.15) is 15.9 Å². The van der Waals surface area contributed by atoms with E-state index < -0.39 is 24.8 Å². The molecule has 1 unspecified atom stereocenters. The minimum Gasteiger partial charge on any atom is -0.465 e. The Balaban J connectivity index is 2.90. The highest BCUT2D eigenvalue weighted by Crippen LogP contribution is 2.27. The van der Waals surface area contributed by atoms with Crippen molar-refractivity contribution in [3.8, 4) is 0 Å². The highest BCUT2D eigenvalue weighted by molar-refractivity contribution is 9.10. The third-order valence-electron chi connectivity index (χ3n) is 2.98. The number of methoxy groups -OCH3 is 1. The Labute approximate surface area is 128 Å². The molecule has 118 valence electrons. The number of hydrogen-bond donors (Lipinski definition) is 1. The maximum Gasteiger partial charge on any atom is 0.406 e. The first-order chi connectivity index (χ1) is 9.70. The number of aliphatic hydroxyl groups excluding tert-OH is 1. The summed E-state index contributed by atoms with van der Waals surface area (Å²) in [5, 5.41) is 8.89. The highest BCUT2D eigenvalue weighted by atomic mass is 79.9. The van der Waals surface area contributed by atoms with Crippen molar-refractivity contribution < 1.29 is 27.8 Å². The monoisotopic (exact) mass is 369 g/mol. The summed E-state index contributed by atoms with van der Waals surface area (Å²) in [6.45, 7) is -1.05. The van der Waals surface area contributed by atoms with Crippen molar-refractivity contribution in [2.45, 2.75) is 18.8 Å². The average molecular weight is 370 g/mol. The molecule has 4 nitrogen and oxygen atoms in total. The SMILES string of the molecule is COC(=O)c1ccc(CN(C)C(CO)C(F)(F)F)c(Br)c1. The number of alkyl halides is 3. The molecular formula is C13H15BrF3NO3. The van der Waals surface area contributed by atoms with Crippen LogP contribution < -0.4 is 0 Å². The van der Waals surface area contributed by atoms with Gasteiger partial charge in [-0.3, -0.25) is 4.90 Å². The fourth-order valence-electron chi connectivity index (χ4n) is 1.79. The minimum atomic E-state index is -4.51. The Bertz CT molecular complexity index is 508. The second-order valence-electron chi connectivity index (χ2n) is 4.45. The summed E-state index contributed by atoms with van der Waals surface area (Å²) in [7, 11) is 2.52. The van der Waals surface area contributed by atoms with Crippen LogP contribution in [0, 0.1) is 0 Å². The van der Waals surface area contributed by atoms with Gasteiger partial charge in [0.05, 0.1) is 19.3 Å². The molecule has 0 saturated heterocycles. The van der Waals surface area contributed by atoms with Crippen molar-refractivity contribution in [3.63, 3.8) is 0 Å². The molecule has 0 fully saturated rings. The van der Waals surface area contributed by atoms with Gasteiger partial charge in [-0.25, -0.2) is 4.79 Å². The molecular weight excluding hydrogens is 355 g/mol. The van der Waals surface area contributed by atoms with Gasteiger partial charge < -0.3 is 9.84 Å². The molecule has 0 aliphatic heterocycles. The van der Waals surface area contributed by atoms with Gasteiger partial charge in [-0.15, -0.1) is 0 Å². The summed E-state index contributed by atoms with van der Waals surface area (Å²) in [6.07, 6.45) is -4.51. The number of halogens is 4. The third kappa shape index (κ3) is 4.69. The second-order valence-corrected chi connectivity index (χ2v) is 5.31. The first-order valence-corrected chi connectivity index (χ1v) is 6.74. The fourth-order valence-corrected chi connectivity index (χ4v) is 2.30. The van der Waals surface area contributed by atoms with Gasteiger partial charge in [0.2, 0.25) is 0 Å². The lowest BCUT2D eigenvalue weighted by Crippen LogP contribution is -2.45. The van der Waals surface area contributed by atoms with E-state index in [1.54, 1.807) is 0 Å². The van der Waals surface area contributed by atoms with Gasteiger partial charge in [-0.05, 0) is 24.7 Å². The number of ether oxygens (including phenoxy) is 1. The topological polar surface area (TPSA) is 49.8 Å². The summed E-state index contributed by atoms with van der Waals surface area (Å²) in [5.41, 5.74) is 0.859. The van der Waals surface area contributed by atoms with E-state index in [0.717, 1.165) is 4.90 Å². The lowest BCUT2D eigenvalue weighted by atomic mass is 10.1. The number of rotatable bonds is 5. The molecule has 0 radical (unpaired) electrons. The van der Waals surface area contributed by atoms with Crippen LogP contribution >= 0.6 is 15.9 Å². The standard InChI is InChI=1S/C13H15BrF3NO3/c1-18(11(7-19)13(15,16)17)6-9-4-3-8(5-10(9)14)12(20)21-2/h3-5,11,19H,6-7H2,1-2H3. The smallest absolute Gasteiger partial charge is 0.406 e. The molecule has 0 spiro atoms. The van der Waals surface area contributed by atoms with E-state index in [1.165, 1.54) is 32.4 Å². The van der Waals surface area contributed by atoms with Gasteiger partial charge in [0, 0.05) is 11.0 Å². The van der Waals surface area contributed by atoms with Crippen LogP contribution in [-0.4, -0.2) is 49.0 Å². The van der Waals surface area contributed by atoms with Gasteiger partial charge in [0.25, 0.3) is 0 Å². The summed E-state index contributed by atoms with van der Waals surface area (Å²) in [6, 6.07) is 2.56. The molecule has 1 atom stereocenters. The number of hydrogen-bond acceptors (Lipinski definition) is 4. The quantitative estimate of drug-likeness (QED) is 0.810. The zero-order chi connectivity index (χ0) is 16.2. The predicted molar refractivity (Wildman–Crippen MR) is 73.9 cm³/mol. The zero-order valence-corrected chi connectivity index (χ0v) is 13.0. The molecule has 1 aromatic rings. The first kappa shape index (κ1) is 17.9. The lowest BCUT2D eigenvalue weighted by Gasteiger charge is -2.28. The van der Waals surface area contributed by atoms with Crippen LogP contribution in [0.5, 0.6) is 0 Å². The number of carbonyl (C=O) groups excluding carboxylic acids is 1. The van der Waals surface area contributed by atoms with Crippen LogP contribution in [0.4, 0.5) is 13.2 Å². The Kier molecular flexibility index (Phi) is 6.18. The van der Waals surface area contributed by atoms with E-state index in [0.29, 0.717) is 15.6 Å².